The molecule has 0 atom stereocenters. The van der Waals surface area contributed by atoms with Crippen LogP contribution in [0.15, 0.2) is 24.3 Å². The zero-order valence-electron chi connectivity index (χ0n) is 8.65. The van der Waals surface area contributed by atoms with Crippen molar-refractivity contribution < 1.29 is 14.6 Å². The lowest BCUT2D eigenvalue weighted by Crippen LogP contribution is -2.08. The Hall–Kier alpha value is -1.95. The van der Waals surface area contributed by atoms with Gasteiger partial charge in [-0.15, -0.1) is 0 Å². The molecule has 0 spiro atoms. The van der Waals surface area contributed by atoms with E-state index in [2.05, 4.69) is 11.8 Å². The lowest BCUT2D eigenvalue weighted by atomic mass is 10.2. The quantitative estimate of drug-likeness (QED) is 0.559. The van der Waals surface area contributed by atoms with Gasteiger partial charge in [-0.2, -0.15) is 0 Å². The van der Waals surface area contributed by atoms with Gasteiger partial charge in [0, 0.05) is 5.92 Å². The number of phenolic OH excluding ortho intramolecular Hbond substituents is 1. The predicted molar refractivity (Wildman–Crippen MR) is 56.2 cm³/mol. The Morgan fingerprint density at radius 3 is 2.67 bits per heavy atom. The van der Waals surface area contributed by atoms with Crippen LogP contribution < -0.4 is 0 Å². The van der Waals surface area contributed by atoms with Crippen LogP contribution in [-0.4, -0.2) is 17.2 Å². The summed E-state index contributed by atoms with van der Waals surface area (Å²) in [5, 5.41) is 9.35. The fourth-order valence-corrected chi connectivity index (χ4v) is 0.941. The van der Waals surface area contributed by atoms with Crippen LogP contribution in [0.25, 0.3) is 0 Å². The first-order valence-electron chi connectivity index (χ1n) is 4.60. The van der Waals surface area contributed by atoms with Crippen molar-refractivity contribution in [2.75, 3.05) is 0 Å². The molecule has 0 saturated carbocycles. The SMILES string of the molecule is CC(C)OC(=O)C#Cc1ccccc1O. The highest BCUT2D eigenvalue weighted by atomic mass is 16.5. The molecular weight excluding hydrogens is 192 g/mol. The fourth-order valence-electron chi connectivity index (χ4n) is 0.941. The number of hydrogen-bond acceptors (Lipinski definition) is 3. The molecule has 3 nitrogen and oxygen atoms in total. The van der Waals surface area contributed by atoms with Crippen LogP contribution in [-0.2, 0) is 9.53 Å². The van der Waals surface area contributed by atoms with E-state index in [9.17, 15) is 9.90 Å². The second kappa shape index (κ2) is 5.06. The van der Waals surface area contributed by atoms with Gasteiger partial charge in [-0.05, 0) is 26.0 Å². The van der Waals surface area contributed by atoms with Crippen molar-refractivity contribution in [1.29, 1.82) is 0 Å². The predicted octanol–water partition coefficient (Wildman–Crippen LogP) is 1.70. The Kier molecular flexibility index (Phi) is 3.75. The molecular formula is C12H12O3. The highest BCUT2D eigenvalue weighted by Gasteiger charge is 2.00. The molecule has 0 unspecified atom stereocenters. The van der Waals surface area contributed by atoms with Gasteiger partial charge in [0.15, 0.2) is 0 Å². The molecule has 1 rings (SSSR count). The van der Waals surface area contributed by atoms with Gasteiger partial charge >= 0.3 is 5.97 Å². The Bertz CT molecular complexity index is 410. The smallest absolute Gasteiger partial charge is 0.384 e. The first kappa shape index (κ1) is 11.1. The van der Waals surface area contributed by atoms with Crippen molar-refractivity contribution in [2.24, 2.45) is 0 Å². The van der Waals surface area contributed by atoms with E-state index in [1.165, 1.54) is 6.07 Å². The summed E-state index contributed by atoms with van der Waals surface area (Å²) in [6.45, 7) is 3.50. The van der Waals surface area contributed by atoms with E-state index in [4.69, 9.17) is 4.74 Å². The minimum Gasteiger partial charge on any atom is -0.507 e. The van der Waals surface area contributed by atoms with Gasteiger partial charge in [-0.25, -0.2) is 4.79 Å². The second-order valence-corrected chi connectivity index (χ2v) is 3.22. The molecule has 1 aromatic carbocycles. The number of hydrogen-bond donors (Lipinski definition) is 1. The number of para-hydroxylation sites is 1. The van der Waals surface area contributed by atoms with Gasteiger partial charge < -0.3 is 9.84 Å². The third-order valence-electron chi connectivity index (χ3n) is 1.55. The van der Waals surface area contributed by atoms with Crippen LogP contribution in [0.3, 0.4) is 0 Å². The summed E-state index contributed by atoms with van der Waals surface area (Å²) in [7, 11) is 0. The third kappa shape index (κ3) is 3.74. The Morgan fingerprint density at radius 1 is 1.40 bits per heavy atom. The number of ether oxygens (including phenoxy) is 1. The molecule has 0 aliphatic carbocycles. The van der Waals surface area contributed by atoms with Crippen molar-refractivity contribution >= 4 is 5.97 Å². The first-order chi connectivity index (χ1) is 7.09. The molecule has 0 fully saturated rings. The van der Waals surface area contributed by atoms with Crippen molar-refractivity contribution in [1.82, 2.24) is 0 Å². The molecule has 3 heteroatoms. The molecule has 0 radical (unpaired) electrons. The zero-order valence-corrected chi connectivity index (χ0v) is 8.65. The number of carbonyl (C=O) groups is 1. The molecule has 1 aromatic rings. The Morgan fingerprint density at radius 2 is 2.07 bits per heavy atom. The van der Waals surface area contributed by atoms with E-state index in [-0.39, 0.29) is 11.9 Å². The molecule has 0 bridgehead atoms. The number of rotatable bonds is 1. The van der Waals surface area contributed by atoms with Crippen LogP contribution in [0.2, 0.25) is 0 Å². The number of carbonyl (C=O) groups excluding carboxylic acids is 1. The number of phenols is 1. The Labute approximate surface area is 88.7 Å². The van der Waals surface area contributed by atoms with Crippen molar-refractivity contribution in [3.63, 3.8) is 0 Å². The number of benzene rings is 1. The second-order valence-electron chi connectivity index (χ2n) is 3.22. The number of aromatic hydroxyl groups is 1. The molecule has 1 N–H and O–H groups in total. The zero-order chi connectivity index (χ0) is 11.3. The molecule has 0 aromatic heterocycles. The third-order valence-corrected chi connectivity index (χ3v) is 1.55. The lowest BCUT2D eigenvalue weighted by Gasteiger charge is -2.01. The highest BCUT2D eigenvalue weighted by molar-refractivity contribution is 5.89. The van der Waals surface area contributed by atoms with Gasteiger partial charge in [-0.1, -0.05) is 18.1 Å². The van der Waals surface area contributed by atoms with E-state index in [0.29, 0.717) is 5.56 Å². The topological polar surface area (TPSA) is 46.5 Å². The number of esters is 1. The maximum atomic E-state index is 11.1. The molecule has 78 valence electrons. The van der Waals surface area contributed by atoms with E-state index < -0.39 is 5.97 Å². The average Bonchev–Trinajstić information content (AvgIpc) is 2.15. The van der Waals surface area contributed by atoms with Crippen LogP contribution in [0.1, 0.15) is 19.4 Å². The summed E-state index contributed by atoms with van der Waals surface area (Å²) in [5.41, 5.74) is 0.415. The summed E-state index contributed by atoms with van der Waals surface area (Å²) < 4.78 is 4.82. The van der Waals surface area contributed by atoms with Gasteiger partial charge in [0.25, 0.3) is 0 Å². The summed E-state index contributed by atoms with van der Waals surface area (Å²) in [5.74, 6) is 4.31. The lowest BCUT2D eigenvalue weighted by molar-refractivity contribution is -0.140. The van der Waals surface area contributed by atoms with Crippen LogP contribution in [0, 0.1) is 11.8 Å². The summed E-state index contributed by atoms with van der Waals surface area (Å²) in [4.78, 5) is 11.1. The maximum Gasteiger partial charge on any atom is 0.384 e. The minimum atomic E-state index is -0.590. The van der Waals surface area contributed by atoms with Crippen LogP contribution in [0.5, 0.6) is 5.75 Å². The van der Waals surface area contributed by atoms with Gasteiger partial charge in [-0.3, -0.25) is 0 Å². The Balaban J connectivity index is 2.74. The van der Waals surface area contributed by atoms with Gasteiger partial charge in [0.05, 0.1) is 11.7 Å². The minimum absolute atomic E-state index is 0.0577. The normalized spacial score (nSPS) is 9.27. The van der Waals surface area contributed by atoms with Crippen LogP contribution >= 0.6 is 0 Å². The van der Waals surface area contributed by atoms with Gasteiger partial charge in [0.2, 0.25) is 0 Å². The first-order valence-corrected chi connectivity index (χ1v) is 4.60. The standard InChI is InChI=1S/C12H12O3/c1-9(2)15-12(14)8-7-10-5-3-4-6-11(10)13/h3-6,9,13H,1-2H3. The fraction of sp³-hybridized carbons (Fsp3) is 0.250. The molecule has 0 saturated heterocycles. The van der Waals surface area contributed by atoms with E-state index in [1.54, 1.807) is 32.0 Å². The average molecular weight is 204 g/mol. The molecule has 0 amide bonds. The maximum absolute atomic E-state index is 11.1. The van der Waals surface area contributed by atoms with Crippen molar-refractivity contribution in [3.05, 3.63) is 29.8 Å². The molecule has 15 heavy (non-hydrogen) atoms. The van der Waals surface area contributed by atoms with Gasteiger partial charge in [0.1, 0.15) is 5.75 Å². The largest absolute Gasteiger partial charge is 0.507 e. The van der Waals surface area contributed by atoms with E-state index in [1.807, 2.05) is 0 Å². The van der Waals surface area contributed by atoms with E-state index in [0.717, 1.165) is 0 Å². The molecule has 0 aliphatic rings. The summed E-state index contributed by atoms with van der Waals surface area (Å²) in [6, 6.07) is 6.56. The summed E-state index contributed by atoms with van der Waals surface area (Å²) >= 11 is 0. The summed E-state index contributed by atoms with van der Waals surface area (Å²) in [6.07, 6.45) is -0.184. The van der Waals surface area contributed by atoms with Crippen molar-refractivity contribution in [3.8, 4) is 17.6 Å². The van der Waals surface area contributed by atoms with Crippen LogP contribution in [0.4, 0.5) is 0 Å². The van der Waals surface area contributed by atoms with Crippen molar-refractivity contribution in [2.45, 2.75) is 20.0 Å². The molecule has 0 aliphatic heterocycles. The van der Waals surface area contributed by atoms with E-state index >= 15 is 0 Å². The monoisotopic (exact) mass is 204 g/mol. The molecule has 0 heterocycles. The highest BCUT2D eigenvalue weighted by Crippen LogP contribution is 2.13.